The summed E-state index contributed by atoms with van der Waals surface area (Å²) in [6, 6.07) is 0. The number of rotatable bonds is 7. The van der Waals surface area contributed by atoms with Gasteiger partial charge >= 0.3 is 0 Å². The van der Waals surface area contributed by atoms with Crippen molar-refractivity contribution in [1.29, 1.82) is 0 Å². The zero-order valence-electron chi connectivity index (χ0n) is 11.8. The average molecular weight is 291 g/mol. The summed E-state index contributed by atoms with van der Waals surface area (Å²) >= 11 is 0. The number of hydrogen-bond acceptors (Lipinski definition) is 4. The second kappa shape index (κ2) is 7.81. The van der Waals surface area contributed by atoms with Crippen LogP contribution in [0.3, 0.4) is 0 Å². The number of piperidine rings is 1. The SMILES string of the molecule is CN(C)S(=O)(=O)CCNC(=O)CCC1CCNCC1. The molecular weight excluding hydrogens is 266 g/mol. The molecule has 0 unspecified atom stereocenters. The molecule has 0 spiro atoms. The summed E-state index contributed by atoms with van der Waals surface area (Å²) in [5.74, 6) is 0.532. The van der Waals surface area contributed by atoms with E-state index in [1.54, 1.807) is 0 Å². The van der Waals surface area contributed by atoms with Crippen LogP contribution in [0.15, 0.2) is 0 Å². The van der Waals surface area contributed by atoms with Gasteiger partial charge in [0.2, 0.25) is 15.9 Å². The Morgan fingerprint density at radius 1 is 1.32 bits per heavy atom. The van der Waals surface area contributed by atoms with Gasteiger partial charge in [0.25, 0.3) is 0 Å². The van der Waals surface area contributed by atoms with Crippen LogP contribution in [0.2, 0.25) is 0 Å². The Balaban J connectivity index is 2.14. The van der Waals surface area contributed by atoms with E-state index in [0.717, 1.165) is 32.4 Å². The topological polar surface area (TPSA) is 78.5 Å². The van der Waals surface area contributed by atoms with Gasteiger partial charge in [-0.2, -0.15) is 0 Å². The van der Waals surface area contributed by atoms with Crippen molar-refractivity contribution in [2.24, 2.45) is 5.92 Å². The van der Waals surface area contributed by atoms with Crippen molar-refractivity contribution in [3.63, 3.8) is 0 Å². The van der Waals surface area contributed by atoms with Crippen LogP contribution in [0.1, 0.15) is 25.7 Å². The number of carbonyl (C=O) groups excluding carboxylic acids is 1. The predicted molar refractivity (Wildman–Crippen MR) is 75.3 cm³/mol. The minimum atomic E-state index is -3.22. The molecule has 1 amide bonds. The van der Waals surface area contributed by atoms with Crippen molar-refractivity contribution in [2.75, 3.05) is 39.5 Å². The van der Waals surface area contributed by atoms with Crippen LogP contribution in [0.5, 0.6) is 0 Å². The summed E-state index contributed by atoms with van der Waals surface area (Å²) in [4.78, 5) is 11.6. The van der Waals surface area contributed by atoms with E-state index in [2.05, 4.69) is 10.6 Å². The van der Waals surface area contributed by atoms with Crippen LogP contribution in [0.25, 0.3) is 0 Å². The van der Waals surface area contributed by atoms with E-state index in [9.17, 15) is 13.2 Å². The molecule has 0 aromatic rings. The summed E-state index contributed by atoms with van der Waals surface area (Å²) in [5, 5.41) is 5.96. The lowest BCUT2D eigenvalue weighted by Crippen LogP contribution is -2.34. The number of carbonyl (C=O) groups is 1. The summed E-state index contributed by atoms with van der Waals surface area (Å²) in [6.45, 7) is 2.26. The maximum Gasteiger partial charge on any atom is 0.220 e. The Bertz CT molecular complexity index is 376. The summed E-state index contributed by atoms with van der Waals surface area (Å²) < 4.78 is 24.1. The molecule has 0 aliphatic carbocycles. The van der Waals surface area contributed by atoms with E-state index in [1.807, 2.05) is 0 Å². The van der Waals surface area contributed by atoms with E-state index in [-0.39, 0.29) is 18.2 Å². The third kappa shape index (κ3) is 6.35. The van der Waals surface area contributed by atoms with Crippen molar-refractivity contribution in [1.82, 2.24) is 14.9 Å². The number of sulfonamides is 1. The van der Waals surface area contributed by atoms with Gasteiger partial charge < -0.3 is 10.6 Å². The molecule has 0 aromatic carbocycles. The average Bonchev–Trinajstić information content (AvgIpc) is 2.37. The predicted octanol–water partition coefficient (Wildman–Crippen LogP) is -0.226. The van der Waals surface area contributed by atoms with Gasteiger partial charge in [-0.1, -0.05) is 0 Å². The normalized spacial score (nSPS) is 17.6. The van der Waals surface area contributed by atoms with E-state index >= 15 is 0 Å². The first-order valence-corrected chi connectivity index (χ1v) is 8.40. The van der Waals surface area contributed by atoms with Crippen molar-refractivity contribution in [3.8, 4) is 0 Å². The Hall–Kier alpha value is -0.660. The van der Waals surface area contributed by atoms with Gasteiger partial charge in [0.05, 0.1) is 5.75 Å². The maximum atomic E-state index is 11.6. The number of amides is 1. The molecule has 0 bridgehead atoms. The Kier molecular flexibility index (Phi) is 6.74. The molecule has 19 heavy (non-hydrogen) atoms. The van der Waals surface area contributed by atoms with E-state index in [0.29, 0.717) is 12.3 Å². The maximum absolute atomic E-state index is 11.6. The third-order valence-electron chi connectivity index (χ3n) is 3.48. The van der Waals surface area contributed by atoms with Gasteiger partial charge in [0.1, 0.15) is 0 Å². The molecule has 1 aliphatic rings. The first kappa shape index (κ1) is 16.4. The molecule has 2 N–H and O–H groups in total. The zero-order valence-corrected chi connectivity index (χ0v) is 12.6. The molecule has 6 nitrogen and oxygen atoms in total. The molecule has 0 radical (unpaired) electrons. The van der Waals surface area contributed by atoms with Gasteiger partial charge in [-0.05, 0) is 38.3 Å². The molecule has 7 heteroatoms. The van der Waals surface area contributed by atoms with Crippen molar-refractivity contribution < 1.29 is 13.2 Å². The van der Waals surface area contributed by atoms with Crippen LogP contribution in [-0.2, 0) is 14.8 Å². The molecular formula is C12H25N3O3S. The minimum absolute atomic E-state index is 0.0426. The first-order chi connectivity index (χ1) is 8.92. The molecule has 1 heterocycles. The second-order valence-corrected chi connectivity index (χ2v) is 7.48. The largest absolute Gasteiger partial charge is 0.355 e. The van der Waals surface area contributed by atoms with E-state index in [1.165, 1.54) is 18.4 Å². The van der Waals surface area contributed by atoms with E-state index < -0.39 is 10.0 Å². The molecule has 1 fully saturated rings. The van der Waals surface area contributed by atoms with Crippen LogP contribution in [0, 0.1) is 5.92 Å². The lowest BCUT2D eigenvalue weighted by molar-refractivity contribution is -0.121. The Morgan fingerprint density at radius 3 is 2.53 bits per heavy atom. The van der Waals surface area contributed by atoms with Crippen molar-refractivity contribution in [2.45, 2.75) is 25.7 Å². The van der Waals surface area contributed by atoms with Crippen LogP contribution >= 0.6 is 0 Å². The second-order valence-electron chi connectivity index (χ2n) is 5.18. The van der Waals surface area contributed by atoms with Gasteiger partial charge in [0, 0.05) is 27.1 Å². The standard InChI is InChI=1S/C12H25N3O3S/c1-15(2)19(17,18)10-9-14-12(16)4-3-11-5-7-13-8-6-11/h11,13H,3-10H2,1-2H3,(H,14,16). The van der Waals surface area contributed by atoms with Gasteiger partial charge in [-0.3, -0.25) is 4.79 Å². The minimum Gasteiger partial charge on any atom is -0.355 e. The highest BCUT2D eigenvalue weighted by Gasteiger charge is 2.16. The Labute approximate surface area is 116 Å². The summed E-state index contributed by atoms with van der Waals surface area (Å²) in [6.07, 6.45) is 3.64. The highest BCUT2D eigenvalue weighted by molar-refractivity contribution is 7.89. The van der Waals surface area contributed by atoms with Crippen molar-refractivity contribution >= 4 is 15.9 Å². The highest BCUT2D eigenvalue weighted by Crippen LogP contribution is 2.17. The van der Waals surface area contributed by atoms with Crippen molar-refractivity contribution in [3.05, 3.63) is 0 Å². The van der Waals surface area contributed by atoms with Crippen LogP contribution in [0.4, 0.5) is 0 Å². The monoisotopic (exact) mass is 291 g/mol. The summed E-state index contributed by atoms with van der Waals surface area (Å²) in [7, 11) is -0.230. The third-order valence-corrected chi connectivity index (χ3v) is 5.31. The zero-order chi connectivity index (χ0) is 14.3. The number of nitrogens with zero attached hydrogens (tertiary/aromatic N) is 1. The lowest BCUT2D eigenvalue weighted by Gasteiger charge is -2.22. The van der Waals surface area contributed by atoms with Gasteiger partial charge in [-0.15, -0.1) is 0 Å². The van der Waals surface area contributed by atoms with Crippen LogP contribution < -0.4 is 10.6 Å². The molecule has 112 valence electrons. The molecule has 1 saturated heterocycles. The van der Waals surface area contributed by atoms with Gasteiger partial charge in [-0.25, -0.2) is 12.7 Å². The Morgan fingerprint density at radius 2 is 1.95 bits per heavy atom. The molecule has 0 aromatic heterocycles. The fourth-order valence-corrected chi connectivity index (χ4v) is 2.82. The fourth-order valence-electron chi connectivity index (χ4n) is 2.10. The lowest BCUT2D eigenvalue weighted by atomic mass is 9.93. The fraction of sp³-hybridized carbons (Fsp3) is 0.917. The van der Waals surface area contributed by atoms with E-state index in [4.69, 9.17) is 0 Å². The smallest absolute Gasteiger partial charge is 0.220 e. The number of nitrogens with one attached hydrogen (secondary N) is 2. The molecule has 1 rings (SSSR count). The van der Waals surface area contributed by atoms with Crippen LogP contribution in [-0.4, -0.2) is 58.1 Å². The quantitative estimate of drug-likeness (QED) is 0.679. The molecule has 0 saturated carbocycles. The first-order valence-electron chi connectivity index (χ1n) is 6.79. The highest BCUT2D eigenvalue weighted by atomic mass is 32.2. The molecule has 0 atom stereocenters. The summed E-state index contributed by atoms with van der Waals surface area (Å²) in [5.41, 5.74) is 0. The number of hydrogen-bond donors (Lipinski definition) is 2. The molecule has 1 aliphatic heterocycles. The van der Waals surface area contributed by atoms with Gasteiger partial charge in [0.15, 0.2) is 0 Å².